The van der Waals surface area contributed by atoms with Gasteiger partial charge in [-0.1, -0.05) is 54.6 Å². The van der Waals surface area contributed by atoms with Crippen LogP contribution in [0.25, 0.3) is 11.2 Å². The molecule has 3 aromatic carbocycles. The van der Waals surface area contributed by atoms with Gasteiger partial charge in [0, 0.05) is 0 Å². The lowest BCUT2D eigenvalue weighted by Crippen LogP contribution is -2.41. The van der Waals surface area contributed by atoms with E-state index in [4.69, 9.17) is 18.9 Å². The second kappa shape index (κ2) is 12.2. The lowest BCUT2D eigenvalue weighted by atomic mass is 10.1. The van der Waals surface area contributed by atoms with Crippen molar-refractivity contribution < 1.29 is 33.3 Å². The van der Waals surface area contributed by atoms with Crippen LogP contribution in [0.1, 0.15) is 37.3 Å². The zero-order valence-corrected chi connectivity index (χ0v) is 22.8. The first-order valence-corrected chi connectivity index (χ1v) is 13.5. The number of nitrogens with zero attached hydrogens (tertiary/aromatic N) is 2. The molecule has 6 rings (SSSR count). The van der Waals surface area contributed by atoms with Gasteiger partial charge in [-0.05, 0) is 36.4 Å². The number of carbonyl (C=O) groups excluding carboxylic acids is 3. The zero-order valence-electron chi connectivity index (χ0n) is 22.8. The molecule has 0 spiro atoms. The molecule has 0 amide bonds. The van der Waals surface area contributed by atoms with Gasteiger partial charge in [0.2, 0.25) is 0 Å². The number of carbonyl (C=O) groups is 3. The van der Waals surface area contributed by atoms with Crippen LogP contribution in [0.3, 0.4) is 0 Å². The summed E-state index contributed by atoms with van der Waals surface area (Å²) in [5.41, 5.74) is -0.993. The molecule has 1 fully saturated rings. The number of hydrogen-bond donors (Lipinski definition) is 2. The van der Waals surface area contributed by atoms with E-state index in [9.17, 15) is 24.0 Å². The lowest BCUT2D eigenvalue weighted by Gasteiger charge is -2.25. The van der Waals surface area contributed by atoms with Crippen molar-refractivity contribution in [1.82, 2.24) is 19.5 Å². The van der Waals surface area contributed by atoms with E-state index in [0.717, 1.165) is 0 Å². The smallest absolute Gasteiger partial charge is 0.338 e. The summed E-state index contributed by atoms with van der Waals surface area (Å²) in [4.78, 5) is 72.6. The molecule has 1 aliphatic rings. The summed E-state index contributed by atoms with van der Waals surface area (Å²) in [5.74, 6) is -2.17. The predicted molar refractivity (Wildman–Crippen MR) is 153 cm³/mol. The average molecular weight is 597 g/mol. The Balaban J connectivity index is 1.39. The third-order valence-electron chi connectivity index (χ3n) is 6.92. The van der Waals surface area contributed by atoms with E-state index in [2.05, 4.69) is 15.0 Å². The Bertz CT molecular complexity index is 1920. The number of aromatic nitrogens is 4. The van der Waals surface area contributed by atoms with Crippen molar-refractivity contribution in [3.8, 4) is 0 Å². The van der Waals surface area contributed by atoms with Gasteiger partial charge in [0.1, 0.15) is 18.4 Å². The Labute approximate surface area is 248 Å². The number of imidazole rings is 1. The Morgan fingerprint density at radius 2 is 1.25 bits per heavy atom. The van der Waals surface area contributed by atoms with Gasteiger partial charge >= 0.3 is 23.6 Å². The van der Waals surface area contributed by atoms with E-state index >= 15 is 0 Å². The van der Waals surface area contributed by atoms with Crippen LogP contribution in [0.15, 0.2) is 107 Å². The van der Waals surface area contributed by atoms with Gasteiger partial charge in [-0.3, -0.25) is 19.3 Å². The second-order valence-corrected chi connectivity index (χ2v) is 9.76. The first kappa shape index (κ1) is 28.3. The van der Waals surface area contributed by atoms with Crippen LogP contribution < -0.4 is 11.2 Å². The molecule has 1 aliphatic heterocycles. The van der Waals surface area contributed by atoms with Crippen molar-refractivity contribution in [3.63, 3.8) is 0 Å². The van der Waals surface area contributed by atoms with Crippen molar-refractivity contribution in [3.05, 3.63) is 135 Å². The highest BCUT2D eigenvalue weighted by atomic mass is 16.7. The van der Waals surface area contributed by atoms with Gasteiger partial charge in [0.25, 0.3) is 5.56 Å². The van der Waals surface area contributed by atoms with Crippen LogP contribution in [-0.4, -0.2) is 62.3 Å². The first-order chi connectivity index (χ1) is 21.4. The second-order valence-electron chi connectivity index (χ2n) is 9.76. The molecular weight excluding hydrogens is 572 g/mol. The van der Waals surface area contributed by atoms with Crippen LogP contribution in [0.2, 0.25) is 0 Å². The average Bonchev–Trinajstić information content (AvgIpc) is 3.62. The number of benzene rings is 3. The monoisotopic (exact) mass is 596 g/mol. The summed E-state index contributed by atoms with van der Waals surface area (Å²) in [6, 6.07) is 24.5. The quantitative estimate of drug-likeness (QED) is 0.200. The fourth-order valence-corrected chi connectivity index (χ4v) is 4.83. The van der Waals surface area contributed by atoms with Crippen molar-refractivity contribution in [2.45, 2.75) is 24.5 Å². The first-order valence-electron chi connectivity index (χ1n) is 13.5. The van der Waals surface area contributed by atoms with Crippen LogP contribution >= 0.6 is 0 Å². The van der Waals surface area contributed by atoms with Crippen LogP contribution in [0, 0.1) is 0 Å². The minimum atomic E-state index is -1.35. The highest BCUT2D eigenvalue weighted by molar-refractivity contribution is 5.91. The van der Waals surface area contributed by atoms with Crippen LogP contribution in [-0.2, 0) is 18.9 Å². The Kier molecular flexibility index (Phi) is 7.84. The number of fused-ring (bicyclic) bond motifs is 1. The van der Waals surface area contributed by atoms with Gasteiger partial charge in [-0.25, -0.2) is 24.2 Å². The summed E-state index contributed by atoms with van der Waals surface area (Å²) in [6.45, 7) is -0.403. The minimum Gasteiger partial charge on any atom is -0.459 e. The summed E-state index contributed by atoms with van der Waals surface area (Å²) in [5, 5.41) is 0. The molecule has 222 valence electrons. The normalized spacial score (nSPS) is 19.4. The molecule has 1 saturated heterocycles. The molecular formula is C31H24N4O9. The van der Waals surface area contributed by atoms with Crippen molar-refractivity contribution in [2.24, 2.45) is 0 Å². The molecule has 0 saturated carbocycles. The van der Waals surface area contributed by atoms with E-state index < -0.39 is 60.3 Å². The van der Waals surface area contributed by atoms with E-state index in [0.29, 0.717) is 0 Å². The third-order valence-corrected chi connectivity index (χ3v) is 6.92. The van der Waals surface area contributed by atoms with E-state index in [1.165, 1.54) is 10.9 Å². The number of ether oxygens (including phenoxy) is 4. The molecule has 0 unspecified atom stereocenters. The molecule has 2 aromatic heterocycles. The maximum Gasteiger partial charge on any atom is 0.338 e. The molecule has 13 heteroatoms. The molecule has 44 heavy (non-hydrogen) atoms. The van der Waals surface area contributed by atoms with Gasteiger partial charge < -0.3 is 18.9 Å². The number of aromatic amines is 2. The molecule has 3 heterocycles. The lowest BCUT2D eigenvalue weighted by molar-refractivity contribution is -0.0606. The SMILES string of the molecule is O=C(OC[C@H]1O[C@@H](n2cnc3c(=O)[nH]c(=O)[nH]c32)[C@@H](OC(=O)c2ccccc2)[C@H]1OC(=O)c1ccccc1)c1ccccc1. The molecule has 0 aliphatic carbocycles. The van der Waals surface area contributed by atoms with E-state index in [1.54, 1.807) is 91.0 Å². The predicted octanol–water partition coefficient (Wildman–Crippen LogP) is 2.62. The Morgan fingerprint density at radius 3 is 1.82 bits per heavy atom. The van der Waals surface area contributed by atoms with Gasteiger partial charge in [-0.15, -0.1) is 0 Å². The van der Waals surface area contributed by atoms with E-state index in [-0.39, 0.29) is 27.9 Å². The van der Waals surface area contributed by atoms with Gasteiger partial charge in [0.05, 0.1) is 23.0 Å². The molecule has 13 nitrogen and oxygen atoms in total. The van der Waals surface area contributed by atoms with Crippen molar-refractivity contribution >= 4 is 29.1 Å². The van der Waals surface area contributed by atoms with E-state index in [1.807, 2.05) is 0 Å². The summed E-state index contributed by atoms with van der Waals surface area (Å²) < 4.78 is 24.8. The molecule has 4 atom stereocenters. The Morgan fingerprint density at radius 1 is 0.727 bits per heavy atom. The number of hydrogen-bond acceptors (Lipinski definition) is 10. The number of esters is 3. The van der Waals surface area contributed by atoms with Gasteiger partial charge in [0.15, 0.2) is 24.0 Å². The standard InChI is InChI=1S/C31H24N4O9/c36-26-22-25(33-31(40)34-26)35(17-32-22)27-24(44-30(39)20-14-8-3-9-15-20)23(43-29(38)19-12-6-2-7-13-19)21(42-27)16-41-28(37)18-10-4-1-5-11-18/h1-15,17,21,23-24,27H,16H2,(H2,33,34,36,40)/t21-,23+,24+,27-/m1/s1. The Hall–Kier alpha value is -5.82. The third kappa shape index (κ3) is 5.76. The topological polar surface area (TPSA) is 172 Å². The van der Waals surface area contributed by atoms with Gasteiger partial charge in [-0.2, -0.15) is 0 Å². The summed E-state index contributed by atoms with van der Waals surface area (Å²) in [7, 11) is 0. The fraction of sp³-hybridized carbons (Fsp3) is 0.161. The number of H-pyrrole nitrogens is 2. The molecule has 0 bridgehead atoms. The van der Waals surface area contributed by atoms with Crippen molar-refractivity contribution in [2.75, 3.05) is 6.61 Å². The van der Waals surface area contributed by atoms with Crippen molar-refractivity contribution in [1.29, 1.82) is 0 Å². The largest absolute Gasteiger partial charge is 0.459 e. The minimum absolute atomic E-state index is 0.0282. The van der Waals surface area contributed by atoms with Crippen LogP contribution in [0.5, 0.6) is 0 Å². The molecule has 2 N–H and O–H groups in total. The highest BCUT2D eigenvalue weighted by Crippen LogP contribution is 2.36. The maximum absolute atomic E-state index is 13.3. The highest BCUT2D eigenvalue weighted by Gasteiger charge is 2.51. The number of nitrogens with one attached hydrogen (secondary N) is 2. The molecule has 0 radical (unpaired) electrons. The zero-order chi connectivity index (χ0) is 30.6. The van der Waals surface area contributed by atoms with Crippen LogP contribution in [0.4, 0.5) is 0 Å². The number of rotatable bonds is 8. The summed E-state index contributed by atoms with van der Waals surface area (Å²) in [6.07, 6.45) is -3.87. The molecule has 5 aromatic rings. The summed E-state index contributed by atoms with van der Waals surface area (Å²) >= 11 is 0. The fourth-order valence-electron chi connectivity index (χ4n) is 4.83. The maximum atomic E-state index is 13.3.